The van der Waals surface area contributed by atoms with Crippen molar-refractivity contribution in [3.8, 4) is 5.75 Å². The van der Waals surface area contributed by atoms with Gasteiger partial charge in [0.2, 0.25) is 0 Å². The van der Waals surface area contributed by atoms with E-state index in [1.165, 1.54) is 39.3 Å². The number of allylic oxidation sites excluding steroid dienone is 2. The lowest BCUT2D eigenvalue weighted by Gasteiger charge is -2.29. The van der Waals surface area contributed by atoms with Crippen molar-refractivity contribution in [1.82, 2.24) is 10.2 Å². The number of hydrogen-bond acceptors (Lipinski definition) is 13. The fraction of sp³-hybridized carbons (Fsp3) is 0.333. The molecule has 2 aliphatic heterocycles. The van der Waals surface area contributed by atoms with Gasteiger partial charge in [0.05, 0.1) is 54.3 Å². The highest BCUT2D eigenvalue weighted by Crippen LogP contribution is 2.47. The van der Waals surface area contributed by atoms with Crippen molar-refractivity contribution < 1.29 is 43.0 Å². The van der Waals surface area contributed by atoms with Crippen molar-refractivity contribution in [2.75, 3.05) is 53.4 Å². The second-order valence-electron chi connectivity index (χ2n) is 12.5. The number of carbonyl (C=O) groups excluding carboxylic acids is 4. The molecule has 0 fully saturated rings. The van der Waals surface area contributed by atoms with Gasteiger partial charge in [-0.25, -0.2) is 9.59 Å². The summed E-state index contributed by atoms with van der Waals surface area (Å²) in [5.74, 6) is -2.27. The van der Waals surface area contributed by atoms with E-state index in [1.54, 1.807) is 43.7 Å². The smallest absolute Gasteiger partial charge is 0.336 e. The quantitative estimate of drug-likeness (QED) is 0.119. The molecule has 1 amide bonds. The molecule has 2 heterocycles. The first-order valence-electron chi connectivity index (χ1n) is 16.8. The van der Waals surface area contributed by atoms with E-state index in [2.05, 4.69) is 5.32 Å². The highest BCUT2D eigenvalue weighted by Gasteiger charge is 2.42. The summed E-state index contributed by atoms with van der Waals surface area (Å²) in [5.41, 5.74) is 2.94. The number of methoxy groups -OCH3 is 3. The number of anilines is 1. The summed E-state index contributed by atoms with van der Waals surface area (Å²) in [6.07, 6.45) is -0.916. The molecule has 0 aliphatic carbocycles. The Kier molecular flexibility index (Phi) is 14.0. The maximum Gasteiger partial charge on any atom is 0.336 e. The first-order chi connectivity index (χ1) is 25.7. The summed E-state index contributed by atoms with van der Waals surface area (Å²) in [5, 5.41) is 14.0. The van der Waals surface area contributed by atoms with Gasteiger partial charge in [0, 0.05) is 47.9 Å². The van der Waals surface area contributed by atoms with E-state index in [1.807, 2.05) is 67.5 Å². The van der Waals surface area contributed by atoms with Crippen LogP contribution >= 0.6 is 11.8 Å². The minimum Gasteiger partial charge on any atom is -0.497 e. The van der Waals surface area contributed by atoms with E-state index in [-0.39, 0.29) is 33.6 Å². The number of nitro groups is 1. The number of nitro benzene ring substituents is 1. The minimum absolute atomic E-state index is 0.128. The number of amides is 1. The third kappa shape index (κ3) is 9.27. The van der Waals surface area contributed by atoms with Crippen LogP contribution in [0.25, 0.3) is 0 Å². The van der Waals surface area contributed by atoms with Crippen LogP contribution in [0.3, 0.4) is 0 Å². The summed E-state index contributed by atoms with van der Waals surface area (Å²) in [7, 11) is 7.96. The molecule has 0 unspecified atom stereocenters. The third-order valence-electron chi connectivity index (χ3n) is 8.72. The standard InChI is InChI=1S/C22H26N2O4S.C17H18N2O6/c1-15(25)28-20-21(16-9-11-17(27-4)12-10-16)29-19-8-6-5-7-18(19)24(22(20)26)14-13-23(2)3;1-9-13(16(20)24-3)15(14(10(2)18-9)17(21)25-4)11-7-5-6-8-12(11)19(22)23/h5-12,20-21H,13-14H2,1-4H3;5-8,15,18H,1-4H3/t20-,21+;/m1./s1. The SMILES string of the molecule is COC(=O)C1=C(C)NC(C)=C(C(=O)OC)C1c1ccccc1[N+](=O)[O-].COc1ccc([C@@H]2Sc3ccccc3N(CCN(C)C)C(=O)[C@@H]2OC(C)=O)cc1. The molecule has 0 spiro atoms. The van der Waals surface area contributed by atoms with Gasteiger partial charge in [-0.2, -0.15) is 0 Å². The van der Waals surface area contributed by atoms with E-state index in [0.29, 0.717) is 24.5 Å². The zero-order valence-electron chi connectivity index (χ0n) is 31.4. The van der Waals surface area contributed by atoms with Gasteiger partial charge in [-0.15, -0.1) is 11.8 Å². The van der Waals surface area contributed by atoms with E-state index in [4.69, 9.17) is 18.9 Å². The molecule has 286 valence electrons. The fourth-order valence-electron chi connectivity index (χ4n) is 6.20. The molecule has 2 aliphatic rings. The van der Waals surface area contributed by atoms with Crippen LogP contribution in [0.5, 0.6) is 5.75 Å². The van der Waals surface area contributed by atoms with Gasteiger partial charge in [-0.05, 0) is 57.8 Å². The highest BCUT2D eigenvalue weighted by molar-refractivity contribution is 7.99. The number of dihydropyridines is 1. The summed E-state index contributed by atoms with van der Waals surface area (Å²) < 4.78 is 20.5. The first-order valence-corrected chi connectivity index (χ1v) is 17.7. The Morgan fingerprint density at radius 3 is 2.00 bits per heavy atom. The molecule has 0 radical (unpaired) electrons. The van der Waals surface area contributed by atoms with Gasteiger partial charge in [-0.1, -0.05) is 42.5 Å². The molecular weight excluding hydrogens is 717 g/mol. The lowest BCUT2D eigenvalue weighted by molar-refractivity contribution is -0.385. The maximum atomic E-state index is 13.6. The summed E-state index contributed by atoms with van der Waals surface area (Å²) >= 11 is 1.54. The number of carbonyl (C=O) groups is 4. The molecule has 5 rings (SSSR count). The Balaban J connectivity index is 0.000000244. The Hall–Kier alpha value is -5.67. The molecule has 1 N–H and O–H groups in total. The molecule has 3 aromatic carbocycles. The van der Waals surface area contributed by atoms with Crippen molar-refractivity contribution in [3.63, 3.8) is 0 Å². The second kappa shape index (κ2) is 18.4. The molecule has 15 heteroatoms. The van der Waals surface area contributed by atoms with Gasteiger partial charge in [-0.3, -0.25) is 19.7 Å². The van der Waals surface area contributed by atoms with Crippen LogP contribution in [-0.2, 0) is 33.4 Å². The molecule has 14 nitrogen and oxygen atoms in total. The number of rotatable bonds is 10. The Bertz CT molecular complexity index is 1920. The van der Waals surface area contributed by atoms with Crippen LogP contribution in [0.2, 0.25) is 0 Å². The van der Waals surface area contributed by atoms with Gasteiger partial charge < -0.3 is 34.1 Å². The molecular formula is C39H44N4O10S. The molecule has 0 aromatic heterocycles. The number of nitrogens with one attached hydrogen (secondary N) is 1. The normalized spacial score (nSPS) is 17.1. The highest BCUT2D eigenvalue weighted by atomic mass is 32.2. The van der Waals surface area contributed by atoms with E-state index in [0.717, 1.165) is 21.9 Å². The van der Waals surface area contributed by atoms with Crippen LogP contribution < -0.4 is 15.0 Å². The second-order valence-corrected chi connectivity index (χ2v) is 13.7. The topological polar surface area (TPSA) is 167 Å². The van der Waals surface area contributed by atoms with Crippen LogP contribution in [0.15, 0.2) is 100 Å². The lowest BCUT2D eigenvalue weighted by Crippen LogP contribution is -2.45. The molecule has 0 saturated heterocycles. The Labute approximate surface area is 318 Å². The zero-order chi connectivity index (χ0) is 39.7. The van der Waals surface area contributed by atoms with E-state index in [9.17, 15) is 29.3 Å². The molecule has 3 aromatic rings. The summed E-state index contributed by atoms with van der Waals surface area (Å²) in [4.78, 5) is 65.7. The van der Waals surface area contributed by atoms with E-state index < -0.39 is 34.9 Å². The number of esters is 3. The average Bonchev–Trinajstić information content (AvgIpc) is 3.26. The van der Waals surface area contributed by atoms with Gasteiger partial charge in [0.25, 0.3) is 11.6 Å². The predicted octanol–water partition coefficient (Wildman–Crippen LogP) is 5.54. The number of hydrogen-bond donors (Lipinski definition) is 1. The molecule has 0 saturated carbocycles. The average molecular weight is 761 g/mol. The monoisotopic (exact) mass is 760 g/mol. The number of para-hydroxylation sites is 2. The van der Waals surface area contributed by atoms with Crippen LogP contribution in [0.1, 0.15) is 43.1 Å². The largest absolute Gasteiger partial charge is 0.497 e. The number of ether oxygens (including phenoxy) is 4. The van der Waals surface area contributed by atoms with Gasteiger partial charge >= 0.3 is 17.9 Å². The van der Waals surface area contributed by atoms with Crippen molar-refractivity contribution in [3.05, 3.63) is 117 Å². The minimum atomic E-state index is -0.970. The van der Waals surface area contributed by atoms with Gasteiger partial charge in [0.15, 0.2) is 6.10 Å². The Morgan fingerprint density at radius 2 is 1.46 bits per heavy atom. The number of likely N-dealkylation sites (N-methyl/N-ethyl adjacent to an activating group) is 1. The Morgan fingerprint density at radius 1 is 0.889 bits per heavy atom. The molecule has 54 heavy (non-hydrogen) atoms. The summed E-state index contributed by atoms with van der Waals surface area (Å²) in [6.45, 7) is 5.84. The number of nitrogens with zero attached hydrogens (tertiary/aromatic N) is 3. The van der Waals surface area contributed by atoms with Crippen molar-refractivity contribution in [2.45, 2.75) is 42.9 Å². The fourth-order valence-corrected chi connectivity index (χ4v) is 7.52. The molecule has 0 bridgehead atoms. The van der Waals surface area contributed by atoms with Crippen LogP contribution in [0.4, 0.5) is 11.4 Å². The lowest BCUT2D eigenvalue weighted by atomic mass is 9.79. The van der Waals surface area contributed by atoms with Crippen LogP contribution in [-0.4, -0.2) is 88.3 Å². The van der Waals surface area contributed by atoms with Crippen molar-refractivity contribution in [1.29, 1.82) is 0 Å². The van der Waals surface area contributed by atoms with Crippen LogP contribution in [0, 0.1) is 10.1 Å². The number of thioether (sulfide) groups is 1. The number of benzene rings is 3. The van der Waals surface area contributed by atoms with E-state index >= 15 is 0 Å². The maximum absolute atomic E-state index is 13.6. The number of fused-ring (bicyclic) bond motifs is 1. The summed E-state index contributed by atoms with van der Waals surface area (Å²) in [6, 6.07) is 21.3. The van der Waals surface area contributed by atoms with Crippen molar-refractivity contribution in [2.24, 2.45) is 0 Å². The molecule has 2 atom stereocenters. The zero-order valence-corrected chi connectivity index (χ0v) is 32.2. The predicted molar refractivity (Wildman–Crippen MR) is 203 cm³/mol. The third-order valence-corrected chi connectivity index (χ3v) is 10.1. The van der Waals surface area contributed by atoms with Gasteiger partial charge in [0.1, 0.15) is 5.75 Å². The van der Waals surface area contributed by atoms with Crippen molar-refractivity contribution >= 4 is 47.0 Å². The first kappa shape index (κ1) is 41.1.